The van der Waals surface area contributed by atoms with E-state index in [9.17, 15) is 4.57 Å². The molecule has 0 N–H and O–H groups in total. The molecule has 0 fully saturated rings. The molecule has 0 aliphatic rings. The van der Waals surface area contributed by atoms with E-state index in [0.29, 0.717) is 17.6 Å². The highest BCUT2D eigenvalue weighted by Crippen LogP contribution is 2.56. The van der Waals surface area contributed by atoms with E-state index in [1.54, 1.807) is 0 Å². The monoisotopic (exact) mass is 232 g/mol. The van der Waals surface area contributed by atoms with Gasteiger partial charge in [-0.1, -0.05) is 11.6 Å². The van der Waals surface area contributed by atoms with Crippen LogP contribution >= 0.6 is 30.8 Å². The first-order valence-corrected chi connectivity index (χ1v) is 5.73. The van der Waals surface area contributed by atoms with Crippen LogP contribution in [0.4, 0.5) is 0 Å². The zero-order valence-electron chi connectivity index (χ0n) is 6.92. The van der Waals surface area contributed by atoms with Crippen molar-refractivity contribution in [3.05, 3.63) is 10.8 Å². The lowest BCUT2D eigenvalue weighted by Crippen LogP contribution is -1.93. The van der Waals surface area contributed by atoms with Crippen LogP contribution in [0.5, 0.6) is 0 Å². The van der Waals surface area contributed by atoms with Gasteiger partial charge in [-0.25, -0.2) is 0 Å². The van der Waals surface area contributed by atoms with Crippen LogP contribution in [0.15, 0.2) is 10.8 Å². The lowest BCUT2D eigenvalue weighted by molar-refractivity contribution is 0.282. The van der Waals surface area contributed by atoms with Crippen LogP contribution in [0.3, 0.4) is 0 Å². The maximum atomic E-state index is 11.6. The second-order valence-corrected chi connectivity index (χ2v) is 4.80. The fraction of sp³-hybridized carbons (Fsp3) is 0.667. The maximum Gasteiger partial charge on any atom is 0.357 e. The maximum absolute atomic E-state index is 11.6. The van der Waals surface area contributed by atoms with Crippen LogP contribution in [0.25, 0.3) is 0 Å². The average Bonchev–Trinajstić information content (AvgIpc) is 2.13. The lowest BCUT2D eigenvalue weighted by atomic mass is 10.5. The van der Waals surface area contributed by atoms with E-state index in [1.807, 2.05) is 0 Å². The molecule has 0 saturated heterocycles. The fourth-order valence-electron chi connectivity index (χ4n) is 0.657. The molecular formula is C6H11Cl2O3P. The summed E-state index contributed by atoms with van der Waals surface area (Å²) in [5.74, 6) is 0.329. The van der Waals surface area contributed by atoms with E-state index in [2.05, 4.69) is 0 Å². The van der Waals surface area contributed by atoms with Gasteiger partial charge in [0.05, 0.1) is 5.31 Å². The topological polar surface area (TPSA) is 35.5 Å². The summed E-state index contributed by atoms with van der Waals surface area (Å²) in [5.41, 5.74) is 1.19. The van der Waals surface area contributed by atoms with Gasteiger partial charge in [-0.15, -0.1) is 11.6 Å². The van der Waals surface area contributed by atoms with Crippen LogP contribution in [-0.4, -0.2) is 20.1 Å². The van der Waals surface area contributed by atoms with Crippen molar-refractivity contribution in [2.24, 2.45) is 0 Å². The molecule has 12 heavy (non-hydrogen) atoms. The minimum atomic E-state index is -3.16. The van der Waals surface area contributed by atoms with Gasteiger partial charge in [0.1, 0.15) is 0 Å². The standard InChI is InChI=1S/C6H11Cl2O3P/c1-10-12(9,11-2)6(5-8)3-4-7/h5H,3-4H2,1-2H3/b6-5+. The van der Waals surface area contributed by atoms with Crippen molar-refractivity contribution in [1.29, 1.82) is 0 Å². The molecule has 0 aromatic carbocycles. The van der Waals surface area contributed by atoms with Crippen molar-refractivity contribution >= 4 is 30.8 Å². The molecule has 0 spiro atoms. The first-order valence-electron chi connectivity index (χ1n) is 3.22. The Labute approximate surface area is 82.2 Å². The molecule has 0 amide bonds. The first kappa shape index (κ1) is 12.5. The second-order valence-electron chi connectivity index (χ2n) is 1.90. The number of allylic oxidation sites excluding steroid dienone is 1. The molecule has 6 heteroatoms. The third-order valence-corrected chi connectivity index (χ3v) is 3.93. The molecule has 0 unspecified atom stereocenters. The van der Waals surface area contributed by atoms with Gasteiger partial charge in [0, 0.05) is 25.6 Å². The van der Waals surface area contributed by atoms with Crippen LogP contribution in [0, 0.1) is 0 Å². The minimum Gasteiger partial charge on any atom is -0.309 e. The summed E-state index contributed by atoms with van der Waals surface area (Å²) in [6, 6.07) is 0. The molecule has 0 rings (SSSR count). The summed E-state index contributed by atoms with van der Waals surface area (Å²) in [7, 11) is -0.554. The van der Waals surface area contributed by atoms with Gasteiger partial charge in [-0.2, -0.15) is 0 Å². The third kappa shape index (κ3) is 3.08. The molecule has 0 aromatic rings. The lowest BCUT2D eigenvalue weighted by Gasteiger charge is -2.15. The van der Waals surface area contributed by atoms with E-state index >= 15 is 0 Å². The van der Waals surface area contributed by atoms with Crippen molar-refractivity contribution in [2.45, 2.75) is 6.42 Å². The van der Waals surface area contributed by atoms with E-state index in [-0.39, 0.29) is 0 Å². The first-order chi connectivity index (χ1) is 5.64. The van der Waals surface area contributed by atoms with Crippen molar-refractivity contribution in [2.75, 3.05) is 20.1 Å². The summed E-state index contributed by atoms with van der Waals surface area (Å²) in [6.45, 7) is 0. The molecular weight excluding hydrogens is 222 g/mol. The summed E-state index contributed by atoms with van der Waals surface area (Å²) in [4.78, 5) is 0. The zero-order chi connectivity index (χ0) is 9.61. The predicted octanol–water partition coefficient (Wildman–Crippen LogP) is 3.18. The molecule has 0 saturated carbocycles. The Morgan fingerprint density at radius 3 is 2.25 bits per heavy atom. The summed E-state index contributed by atoms with van der Waals surface area (Å²) >= 11 is 10.9. The van der Waals surface area contributed by atoms with Crippen LogP contribution in [-0.2, 0) is 13.6 Å². The number of rotatable bonds is 5. The van der Waals surface area contributed by atoms with E-state index in [4.69, 9.17) is 32.2 Å². The van der Waals surface area contributed by atoms with Crippen molar-refractivity contribution < 1.29 is 13.6 Å². The Kier molecular flexibility index (Phi) is 6.24. The largest absolute Gasteiger partial charge is 0.357 e. The quantitative estimate of drug-likeness (QED) is 0.540. The van der Waals surface area contributed by atoms with Gasteiger partial charge in [-0.3, -0.25) is 4.57 Å². The van der Waals surface area contributed by atoms with Gasteiger partial charge >= 0.3 is 7.60 Å². The predicted molar refractivity (Wildman–Crippen MR) is 50.9 cm³/mol. The van der Waals surface area contributed by atoms with Gasteiger partial charge < -0.3 is 9.05 Å². The zero-order valence-corrected chi connectivity index (χ0v) is 9.33. The Balaban J connectivity index is 4.58. The third-order valence-electron chi connectivity index (χ3n) is 1.31. The Morgan fingerprint density at radius 1 is 1.50 bits per heavy atom. The fourth-order valence-corrected chi connectivity index (χ4v) is 2.58. The Bertz CT molecular complexity index is 197. The molecule has 0 aromatic heterocycles. The van der Waals surface area contributed by atoms with E-state index in [0.717, 1.165) is 0 Å². The number of alkyl halides is 1. The minimum absolute atomic E-state index is 0.329. The van der Waals surface area contributed by atoms with Gasteiger partial charge in [-0.05, 0) is 6.42 Å². The molecule has 0 bridgehead atoms. The number of hydrogen-bond donors (Lipinski definition) is 0. The normalized spacial score (nSPS) is 13.5. The molecule has 72 valence electrons. The molecule has 3 nitrogen and oxygen atoms in total. The van der Waals surface area contributed by atoms with Crippen molar-refractivity contribution in [3.8, 4) is 0 Å². The molecule has 0 aliphatic carbocycles. The smallest absolute Gasteiger partial charge is 0.309 e. The molecule has 0 atom stereocenters. The second kappa shape index (κ2) is 6.01. The summed E-state index contributed by atoms with van der Waals surface area (Å²) in [5, 5.41) is 0.393. The Hall–Kier alpha value is 0.470. The summed E-state index contributed by atoms with van der Waals surface area (Å²) in [6.07, 6.45) is 0.393. The van der Waals surface area contributed by atoms with Gasteiger partial charge in [0.15, 0.2) is 0 Å². The van der Waals surface area contributed by atoms with Crippen molar-refractivity contribution in [3.63, 3.8) is 0 Å². The molecule has 0 aliphatic heterocycles. The van der Waals surface area contributed by atoms with Crippen LogP contribution in [0.2, 0.25) is 0 Å². The molecule has 0 radical (unpaired) electrons. The number of hydrogen-bond acceptors (Lipinski definition) is 3. The van der Waals surface area contributed by atoms with E-state index < -0.39 is 7.60 Å². The average molecular weight is 233 g/mol. The number of halogens is 2. The van der Waals surface area contributed by atoms with Crippen LogP contribution in [0.1, 0.15) is 6.42 Å². The highest BCUT2D eigenvalue weighted by atomic mass is 35.5. The van der Waals surface area contributed by atoms with Gasteiger partial charge in [0.25, 0.3) is 0 Å². The summed E-state index contributed by atoms with van der Waals surface area (Å²) < 4.78 is 21.0. The SMILES string of the molecule is COP(=O)(OC)/C(=C/Cl)CCCl. The highest BCUT2D eigenvalue weighted by molar-refractivity contribution is 7.58. The van der Waals surface area contributed by atoms with Crippen molar-refractivity contribution in [1.82, 2.24) is 0 Å². The van der Waals surface area contributed by atoms with Gasteiger partial charge in [0.2, 0.25) is 0 Å². The van der Waals surface area contributed by atoms with E-state index in [1.165, 1.54) is 19.8 Å². The molecule has 0 heterocycles. The highest BCUT2D eigenvalue weighted by Gasteiger charge is 2.26. The van der Waals surface area contributed by atoms with Crippen LogP contribution < -0.4 is 0 Å². The Morgan fingerprint density at radius 2 is 2.00 bits per heavy atom.